The summed E-state index contributed by atoms with van der Waals surface area (Å²) in [5.41, 5.74) is 4.12. The summed E-state index contributed by atoms with van der Waals surface area (Å²) in [6, 6.07) is 31.8. The second-order valence-electron chi connectivity index (χ2n) is 13.6. The molecule has 8 nitrogen and oxygen atoms in total. The maximum Gasteiger partial charge on any atom is 0.264 e. The van der Waals surface area contributed by atoms with E-state index in [1.807, 2.05) is 84.9 Å². The number of benzene rings is 5. The lowest BCUT2D eigenvalue weighted by molar-refractivity contribution is -0.139. The lowest BCUT2D eigenvalue weighted by atomic mass is 9.83. The van der Waals surface area contributed by atoms with Crippen LogP contribution in [-0.2, 0) is 34.7 Å². The van der Waals surface area contributed by atoms with Crippen LogP contribution < -0.4 is 9.80 Å². The highest BCUT2D eigenvalue weighted by molar-refractivity contribution is 6.31. The molecule has 2 N–H and O–H groups in total. The van der Waals surface area contributed by atoms with E-state index in [0.29, 0.717) is 40.5 Å². The van der Waals surface area contributed by atoms with Crippen molar-refractivity contribution < 1.29 is 24.6 Å². The largest absolute Gasteiger partial charge is 0.394 e. The predicted octanol–water partition coefficient (Wildman–Crippen LogP) is 7.05. The molecule has 0 radical (unpaired) electrons. The van der Waals surface area contributed by atoms with Gasteiger partial charge in [-0.05, 0) is 71.0 Å². The number of halogens is 1. The van der Waals surface area contributed by atoms with Crippen LogP contribution in [0.2, 0.25) is 5.02 Å². The Balaban J connectivity index is 1.03. The summed E-state index contributed by atoms with van der Waals surface area (Å²) in [5.74, 6) is -1.46. The van der Waals surface area contributed by atoms with Crippen molar-refractivity contribution in [1.82, 2.24) is 4.90 Å². The molecule has 3 aliphatic rings. The van der Waals surface area contributed by atoms with Gasteiger partial charge in [-0.25, -0.2) is 0 Å². The molecule has 8 rings (SSSR count). The lowest BCUT2D eigenvalue weighted by Gasteiger charge is -2.36. The van der Waals surface area contributed by atoms with Crippen molar-refractivity contribution in [2.75, 3.05) is 16.4 Å². The molecule has 0 aliphatic carbocycles. The number of hydrogen-bond donors (Lipinski definition) is 2. The van der Waals surface area contributed by atoms with Crippen LogP contribution in [0.3, 0.4) is 0 Å². The Labute approximate surface area is 300 Å². The Morgan fingerprint density at radius 2 is 1.71 bits per heavy atom. The summed E-state index contributed by atoms with van der Waals surface area (Å²) in [5, 5.41) is 24.6. The fourth-order valence-electron chi connectivity index (χ4n) is 7.90. The van der Waals surface area contributed by atoms with Gasteiger partial charge >= 0.3 is 0 Å². The first-order valence-corrected chi connectivity index (χ1v) is 17.5. The molecule has 0 fully saturated rings. The topological polar surface area (TPSA) is 101 Å². The van der Waals surface area contributed by atoms with Gasteiger partial charge in [-0.15, -0.1) is 0 Å². The molecule has 0 aromatic heterocycles. The number of amides is 3. The van der Waals surface area contributed by atoms with Gasteiger partial charge in [0, 0.05) is 40.5 Å². The number of carbonyl (C=O) groups excluding carboxylic acids is 3. The molecule has 3 amide bonds. The van der Waals surface area contributed by atoms with Crippen molar-refractivity contribution in [3.63, 3.8) is 0 Å². The smallest absolute Gasteiger partial charge is 0.264 e. The third-order valence-electron chi connectivity index (χ3n) is 10.6. The zero-order chi connectivity index (χ0) is 35.4. The van der Waals surface area contributed by atoms with Crippen LogP contribution in [0.5, 0.6) is 0 Å². The van der Waals surface area contributed by atoms with Crippen LogP contribution in [0.25, 0.3) is 10.8 Å². The van der Waals surface area contributed by atoms with Gasteiger partial charge in [0.25, 0.3) is 11.8 Å². The van der Waals surface area contributed by atoms with Gasteiger partial charge in [0.05, 0.1) is 36.1 Å². The van der Waals surface area contributed by atoms with Crippen LogP contribution >= 0.6 is 11.6 Å². The Hall–Kier alpha value is -5.28. The molecule has 3 heterocycles. The van der Waals surface area contributed by atoms with E-state index in [2.05, 4.69) is 0 Å². The maximum atomic E-state index is 14.3. The Morgan fingerprint density at radius 3 is 2.51 bits per heavy atom. The van der Waals surface area contributed by atoms with Crippen molar-refractivity contribution in [2.24, 2.45) is 5.92 Å². The monoisotopic (exact) mass is 697 g/mol. The van der Waals surface area contributed by atoms with Gasteiger partial charge in [-0.2, -0.15) is 0 Å². The molecule has 0 saturated carbocycles. The molecule has 3 aliphatic heterocycles. The first-order chi connectivity index (χ1) is 24.7. The van der Waals surface area contributed by atoms with E-state index in [-0.39, 0.29) is 37.4 Å². The fourth-order valence-corrected chi connectivity index (χ4v) is 8.07. The SMILES string of the molecule is C[C@@H](/C=C/CC(=O)N1Cc2ccccc2C[C@H]1CO)[C@]1(O)C(=O)N(Cc2cccc(N3C(=O)c4cccc5cccc3c45)c2)c2ccc(Cl)cc21. The van der Waals surface area contributed by atoms with Crippen LogP contribution in [0.1, 0.15) is 46.0 Å². The molecule has 3 atom stereocenters. The van der Waals surface area contributed by atoms with Gasteiger partial charge in [0.1, 0.15) is 0 Å². The van der Waals surface area contributed by atoms with Crippen molar-refractivity contribution in [3.05, 3.63) is 148 Å². The minimum Gasteiger partial charge on any atom is -0.394 e. The summed E-state index contributed by atoms with van der Waals surface area (Å²) in [6.07, 6.45) is 4.03. The molecule has 0 saturated heterocycles. The summed E-state index contributed by atoms with van der Waals surface area (Å²) in [7, 11) is 0. The van der Waals surface area contributed by atoms with Crippen LogP contribution in [0.15, 0.2) is 115 Å². The average molecular weight is 698 g/mol. The zero-order valence-electron chi connectivity index (χ0n) is 28.0. The molecule has 0 bridgehead atoms. The van der Waals surface area contributed by atoms with E-state index in [4.69, 9.17) is 11.6 Å². The first kappa shape index (κ1) is 32.9. The third kappa shape index (κ3) is 5.42. The molecule has 256 valence electrons. The van der Waals surface area contributed by atoms with Crippen LogP contribution in [0.4, 0.5) is 17.1 Å². The maximum absolute atomic E-state index is 14.3. The molecule has 0 unspecified atom stereocenters. The van der Waals surface area contributed by atoms with Gasteiger partial charge < -0.3 is 20.0 Å². The number of rotatable bonds is 8. The zero-order valence-corrected chi connectivity index (χ0v) is 28.8. The summed E-state index contributed by atoms with van der Waals surface area (Å²) in [6.45, 7) is 2.18. The molecule has 5 aromatic carbocycles. The molecular formula is C42H36ClN3O5. The minimum atomic E-state index is -1.93. The molecule has 9 heteroatoms. The highest BCUT2D eigenvalue weighted by Crippen LogP contribution is 2.47. The average Bonchev–Trinajstić information content (AvgIpc) is 3.55. The van der Waals surface area contributed by atoms with Crippen LogP contribution in [0, 0.1) is 5.92 Å². The molecule has 51 heavy (non-hydrogen) atoms. The van der Waals surface area contributed by atoms with E-state index in [1.54, 1.807) is 52.0 Å². The first-order valence-electron chi connectivity index (χ1n) is 17.1. The summed E-state index contributed by atoms with van der Waals surface area (Å²) < 4.78 is 0. The number of fused-ring (bicyclic) bond motifs is 2. The van der Waals surface area contributed by atoms with E-state index in [1.165, 1.54) is 0 Å². The Kier molecular flexibility index (Phi) is 8.26. The number of nitrogens with zero attached hydrogens (tertiary/aromatic N) is 3. The van der Waals surface area contributed by atoms with Crippen LogP contribution in [-0.4, -0.2) is 45.5 Å². The minimum absolute atomic E-state index is 0.0546. The van der Waals surface area contributed by atoms with Crippen molar-refractivity contribution in [3.8, 4) is 0 Å². The second kappa shape index (κ2) is 12.8. The van der Waals surface area contributed by atoms with E-state index >= 15 is 0 Å². The van der Waals surface area contributed by atoms with Crippen molar-refractivity contribution in [2.45, 2.75) is 44.5 Å². The number of carbonyl (C=O) groups is 3. The van der Waals surface area contributed by atoms with Crippen molar-refractivity contribution in [1.29, 1.82) is 0 Å². The lowest BCUT2D eigenvalue weighted by Crippen LogP contribution is -2.46. The standard InChI is InChI=1S/C42H36ClN3O5/c1-26(8-4-17-38(48)44-24-30-11-3-2-10-29(30)21-33(44)25-47)42(51)35-22-31(43)18-19-36(35)45(41(42)50)23-27-9-5-14-32(20-27)46-37-16-7-13-28-12-6-15-34(39(28)37)40(46)49/h2-16,18-20,22,26,33,47,51H,17,21,23-25H2,1H3/b8-4+/t26-,33-,42+/m0/s1. The summed E-state index contributed by atoms with van der Waals surface area (Å²) >= 11 is 6.42. The second-order valence-corrected chi connectivity index (χ2v) is 14.0. The normalized spacial score (nSPS) is 20.0. The Bertz CT molecular complexity index is 2260. The van der Waals surface area contributed by atoms with Gasteiger partial charge in [0.2, 0.25) is 5.91 Å². The van der Waals surface area contributed by atoms with E-state index < -0.39 is 17.4 Å². The number of aliphatic hydroxyl groups is 2. The van der Waals surface area contributed by atoms with Gasteiger partial charge in [-0.1, -0.05) is 91.3 Å². The number of aliphatic hydroxyl groups excluding tert-OH is 1. The summed E-state index contributed by atoms with van der Waals surface area (Å²) in [4.78, 5) is 46.2. The number of anilines is 3. The third-order valence-corrected chi connectivity index (χ3v) is 10.8. The highest BCUT2D eigenvalue weighted by atomic mass is 35.5. The predicted molar refractivity (Wildman–Crippen MR) is 198 cm³/mol. The van der Waals surface area contributed by atoms with E-state index in [0.717, 1.165) is 33.2 Å². The van der Waals surface area contributed by atoms with Gasteiger partial charge in [-0.3, -0.25) is 19.3 Å². The molecule has 0 spiro atoms. The van der Waals surface area contributed by atoms with Crippen molar-refractivity contribution >= 4 is 57.2 Å². The number of hydrogen-bond acceptors (Lipinski definition) is 5. The molecular weight excluding hydrogens is 662 g/mol. The molecule has 5 aromatic rings. The quantitative estimate of drug-likeness (QED) is 0.169. The van der Waals surface area contributed by atoms with E-state index in [9.17, 15) is 24.6 Å². The Morgan fingerprint density at radius 1 is 0.941 bits per heavy atom. The van der Waals surface area contributed by atoms with Gasteiger partial charge in [0.15, 0.2) is 5.60 Å². The fraction of sp³-hybridized carbons (Fsp3) is 0.214. The highest BCUT2D eigenvalue weighted by Gasteiger charge is 2.52.